The molecule has 0 aromatic heterocycles. The Labute approximate surface area is 224 Å². The third kappa shape index (κ3) is 13.1. The van der Waals surface area contributed by atoms with Crippen LogP contribution in [0.4, 0.5) is 4.79 Å². The molecule has 0 aliphatic heterocycles. The fourth-order valence-electron chi connectivity index (χ4n) is 3.05. The van der Waals surface area contributed by atoms with Gasteiger partial charge in [-0.1, -0.05) is 54.6 Å². The molecule has 0 fully saturated rings. The van der Waals surface area contributed by atoms with Gasteiger partial charge in [-0.15, -0.1) is 0 Å². The molecule has 2 rings (SSSR count). The highest BCUT2D eigenvalue weighted by Crippen LogP contribution is 2.13. The average Bonchev–Trinajstić information content (AvgIpc) is 2.87. The fourth-order valence-corrected chi connectivity index (χ4v) is 3.05. The van der Waals surface area contributed by atoms with Crippen LogP contribution in [0.3, 0.4) is 0 Å². The summed E-state index contributed by atoms with van der Waals surface area (Å²) in [4.78, 5) is 57.4. The Balaban J connectivity index is 0.00000177. The molecule has 13 heteroatoms. The van der Waals surface area contributed by atoms with Gasteiger partial charge in [0, 0.05) is 31.7 Å². The maximum absolute atomic E-state index is 12.6. The van der Waals surface area contributed by atoms with E-state index in [1.54, 1.807) is 60.7 Å². The molecule has 208 valence electrons. The second kappa shape index (κ2) is 16.5. The van der Waals surface area contributed by atoms with Crippen LogP contribution >= 0.6 is 0 Å². The van der Waals surface area contributed by atoms with E-state index in [1.165, 1.54) is 6.08 Å². The van der Waals surface area contributed by atoms with Crippen molar-refractivity contribution >= 4 is 41.8 Å². The number of rotatable bonds is 12. The second-order valence-corrected chi connectivity index (χ2v) is 7.98. The summed E-state index contributed by atoms with van der Waals surface area (Å²) in [6, 6.07) is 12.6. The van der Waals surface area contributed by atoms with Gasteiger partial charge in [-0.3, -0.25) is 19.8 Å². The summed E-state index contributed by atoms with van der Waals surface area (Å²) < 4.78 is 0. The molecular formula is C26H31N5O8. The van der Waals surface area contributed by atoms with E-state index in [1.807, 2.05) is 0 Å². The summed E-state index contributed by atoms with van der Waals surface area (Å²) in [5.41, 5.74) is 7.05. The van der Waals surface area contributed by atoms with E-state index in [4.69, 9.17) is 26.2 Å². The number of hydrogen-bond donors (Lipinski definition) is 7. The van der Waals surface area contributed by atoms with E-state index in [0.717, 1.165) is 17.4 Å². The van der Waals surface area contributed by atoms with Crippen LogP contribution in [0.25, 0.3) is 6.08 Å². The summed E-state index contributed by atoms with van der Waals surface area (Å²) in [5.74, 6) is -3.81. The molecule has 0 radical (unpaired) electrons. The average molecular weight is 542 g/mol. The number of carbonyl (C=O) groups is 5. The molecule has 39 heavy (non-hydrogen) atoms. The minimum atomic E-state index is -1.34. The summed E-state index contributed by atoms with van der Waals surface area (Å²) in [6.07, 6.45) is 3.15. The first-order valence-electron chi connectivity index (χ1n) is 11.6. The highest BCUT2D eigenvalue weighted by molar-refractivity contribution is 5.95. The van der Waals surface area contributed by atoms with Crippen molar-refractivity contribution in [2.24, 2.45) is 5.73 Å². The summed E-state index contributed by atoms with van der Waals surface area (Å²) >= 11 is 0. The number of nitrogens with two attached hydrogens (primary N) is 1. The number of carboxylic acids is 3. The Morgan fingerprint density at radius 2 is 1.59 bits per heavy atom. The smallest absolute Gasteiger partial charge is 0.330 e. The molecular weight excluding hydrogens is 510 g/mol. The molecule has 0 aliphatic carbocycles. The van der Waals surface area contributed by atoms with Gasteiger partial charge in [0.05, 0.1) is 0 Å². The quantitative estimate of drug-likeness (QED) is 0.0893. The highest BCUT2D eigenvalue weighted by Gasteiger charge is 2.25. The number of amides is 3. The largest absolute Gasteiger partial charge is 0.481 e. The minimum Gasteiger partial charge on any atom is -0.481 e. The molecule has 0 saturated carbocycles. The number of hydrogen-bond acceptors (Lipinski definition) is 6. The zero-order valence-corrected chi connectivity index (χ0v) is 21.2. The SMILES string of the molecule is CC(=O)O.N=C(N)c1ccc(/C=C/C(=O)NCCCN(CC(=O)O)C(=O)NC(C(=O)O)c2ccccc2)cc1. The second-order valence-electron chi connectivity index (χ2n) is 7.98. The van der Waals surface area contributed by atoms with Crippen molar-refractivity contribution in [3.8, 4) is 0 Å². The van der Waals surface area contributed by atoms with E-state index in [0.29, 0.717) is 11.1 Å². The Morgan fingerprint density at radius 1 is 1.00 bits per heavy atom. The van der Waals surface area contributed by atoms with Crippen molar-refractivity contribution in [2.45, 2.75) is 19.4 Å². The van der Waals surface area contributed by atoms with E-state index in [-0.39, 0.29) is 31.3 Å². The number of benzene rings is 2. The zero-order chi connectivity index (χ0) is 29.4. The molecule has 3 amide bonds. The molecule has 1 unspecified atom stereocenters. The van der Waals surface area contributed by atoms with Crippen molar-refractivity contribution in [1.29, 1.82) is 5.41 Å². The first-order valence-corrected chi connectivity index (χ1v) is 11.6. The Bertz CT molecular complexity index is 1180. The van der Waals surface area contributed by atoms with Crippen LogP contribution in [0.2, 0.25) is 0 Å². The molecule has 0 bridgehead atoms. The van der Waals surface area contributed by atoms with Gasteiger partial charge in [0.15, 0.2) is 6.04 Å². The third-order valence-corrected chi connectivity index (χ3v) is 4.81. The number of nitrogens with one attached hydrogen (secondary N) is 3. The fraction of sp³-hybridized carbons (Fsp3) is 0.231. The molecule has 0 saturated heterocycles. The van der Waals surface area contributed by atoms with Gasteiger partial charge in [-0.05, 0) is 23.6 Å². The first kappa shape index (κ1) is 31.8. The monoisotopic (exact) mass is 541 g/mol. The lowest BCUT2D eigenvalue weighted by molar-refractivity contribution is -0.139. The van der Waals surface area contributed by atoms with Gasteiger partial charge in [0.1, 0.15) is 12.4 Å². The zero-order valence-electron chi connectivity index (χ0n) is 21.2. The normalized spacial score (nSPS) is 10.9. The van der Waals surface area contributed by atoms with Crippen LogP contribution in [-0.2, 0) is 19.2 Å². The minimum absolute atomic E-state index is 0.0181. The summed E-state index contributed by atoms with van der Waals surface area (Å²) in [7, 11) is 0. The summed E-state index contributed by atoms with van der Waals surface area (Å²) in [6.45, 7) is 0.601. The van der Waals surface area contributed by atoms with Crippen LogP contribution in [-0.4, -0.2) is 75.5 Å². The standard InChI is InChI=1S/C24H27N5O6.C2H4O2/c25-22(26)18-10-7-16(8-11-18)9-12-19(30)27-13-4-14-29(15-20(31)32)24(35)28-21(23(33)34)17-5-2-1-3-6-17;1-2(3)4/h1-3,5-12,21H,4,13-15H2,(H3,25,26)(H,27,30)(H,28,35)(H,31,32)(H,33,34);1H3,(H,3,4)/b12-9+;. The molecule has 0 heterocycles. The predicted octanol–water partition coefficient (Wildman–Crippen LogP) is 1.50. The Kier molecular flexibility index (Phi) is 13.5. The van der Waals surface area contributed by atoms with Crippen LogP contribution in [0.5, 0.6) is 0 Å². The van der Waals surface area contributed by atoms with E-state index < -0.39 is 36.5 Å². The number of urea groups is 1. The number of carboxylic acid groups (broad SMARTS) is 3. The maximum atomic E-state index is 12.6. The molecule has 2 aromatic carbocycles. The van der Waals surface area contributed by atoms with Crippen molar-refractivity contribution in [3.05, 3.63) is 77.4 Å². The highest BCUT2D eigenvalue weighted by atomic mass is 16.4. The topological polar surface area (TPSA) is 223 Å². The van der Waals surface area contributed by atoms with Crippen LogP contribution < -0.4 is 16.4 Å². The van der Waals surface area contributed by atoms with Gasteiger partial charge in [0.2, 0.25) is 5.91 Å². The van der Waals surface area contributed by atoms with E-state index >= 15 is 0 Å². The number of amidine groups is 1. The van der Waals surface area contributed by atoms with Crippen molar-refractivity contribution in [1.82, 2.24) is 15.5 Å². The van der Waals surface area contributed by atoms with Crippen LogP contribution in [0.1, 0.15) is 36.1 Å². The molecule has 2 aromatic rings. The molecule has 0 aliphatic rings. The van der Waals surface area contributed by atoms with Crippen molar-refractivity contribution < 1.29 is 39.3 Å². The lowest BCUT2D eigenvalue weighted by Crippen LogP contribution is -2.46. The molecule has 0 spiro atoms. The van der Waals surface area contributed by atoms with Gasteiger partial charge < -0.3 is 36.6 Å². The van der Waals surface area contributed by atoms with Gasteiger partial charge in [-0.25, -0.2) is 9.59 Å². The van der Waals surface area contributed by atoms with E-state index in [2.05, 4.69) is 10.6 Å². The Hall–Kier alpha value is -5.20. The van der Waals surface area contributed by atoms with Gasteiger partial charge in [-0.2, -0.15) is 0 Å². The molecule has 1 atom stereocenters. The van der Waals surface area contributed by atoms with Gasteiger partial charge >= 0.3 is 18.0 Å². The Morgan fingerprint density at radius 3 is 2.10 bits per heavy atom. The lowest BCUT2D eigenvalue weighted by atomic mass is 10.1. The lowest BCUT2D eigenvalue weighted by Gasteiger charge is -2.24. The number of nitrogens with zero attached hydrogens (tertiary/aromatic N) is 1. The van der Waals surface area contributed by atoms with Gasteiger partial charge in [0.25, 0.3) is 5.97 Å². The predicted molar refractivity (Wildman–Crippen MR) is 142 cm³/mol. The molecule has 13 nitrogen and oxygen atoms in total. The third-order valence-electron chi connectivity index (χ3n) is 4.81. The number of aliphatic carboxylic acids is 3. The van der Waals surface area contributed by atoms with Crippen LogP contribution in [0.15, 0.2) is 60.7 Å². The maximum Gasteiger partial charge on any atom is 0.330 e. The van der Waals surface area contributed by atoms with Crippen molar-refractivity contribution in [3.63, 3.8) is 0 Å². The number of carbonyl (C=O) groups excluding carboxylic acids is 2. The summed E-state index contributed by atoms with van der Waals surface area (Å²) in [5, 5.41) is 38.4. The van der Waals surface area contributed by atoms with E-state index in [9.17, 15) is 24.3 Å². The van der Waals surface area contributed by atoms with Crippen LogP contribution in [0, 0.1) is 5.41 Å². The first-order chi connectivity index (χ1) is 18.4. The number of nitrogen functional groups attached to an aromatic ring is 1. The molecule has 8 N–H and O–H groups in total. The van der Waals surface area contributed by atoms with Crippen molar-refractivity contribution in [2.75, 3.05) is 19.6 Å².